The normalized spacial score (nSPS) is 17.6. The second kappa shape index (κ2) is 8.67. The summed E-state index contributed by atoms with van der Waals surface area (Å²) in [5.74, 6) is -0.0164. The summed E-state index contributed by atoms with van der Waals surface area (Å²) < 4.78 is 0. The van der Waals surface area contributed by atoms with Crippen molar-refractivity contribution in [2.45, 2.75) is 38.3 Å². The molecule has 1 aromatic carbocycles. The molecule has 6 nitrogen and oxygen atoms in total. The molecule has 4 rings (SSSR count). The molecule has 1 fully saturated rings. The Kier molecular flexibility index (Phi) is 5.83. The highest BCUT2D eigenvalue weighted by atomic mass is 32.1. The lowest BCUT2D eigenvalue weighted by atomic mass is 10.1. The monoisotopic (exact) mass is 396 g/mol. The van der Waals surface area contributed by atoms with Gasteiger partial charge in [0, 0.05) is 36.9 Å². The quantitative estimate of drug-likeness (QED) is 0.672. The Morgan fingerprint density at radius 1 is 1.29 bits per heavy atom. The topological polar surface area (TPSA) is 78.1 Å². The molecule has 1 aliphatic rings. The van der Waals surface area contributed by atoms with Crippen LogP contribution in [0, 0.1) is 0 Å². The number of amides is 1. The first-order valence-electron chi connectivity index (χ1n) is 9.69. The van der Waals surface area contributed by atoms with Gasteiger partial charge in [-0.15, -0.1) is 11.3 Å². The van der Waals surface area contributed by atoms with E-state index >= 15 is 0 Å². The van der Waals surface area contributed by atoms with E-state index in [0.717, 1.165) is 38.0 Å². The largest absolute Gasteiger partial charge is 0.352 e. The summed E-state index contributed by atoms with van der Waals surface area (Å²) in [5.41, 5.74) is 1.66. The van der Waals surface area contributed by atoms with Crippen LogP contribution in [0.3, 0.4) is 0 Å². The number of fused-ring (bicyclic) bond motifs is 1. The smallest absolute Gasteiger partial charge is 0.270 e. The minimum Gasteiger partial charge on any atom is -0.352 e. The van der Waals surface area contributed by atoms with E-state index in [1.165, 1.54) is 4.88 Å². The number of aromatic nitrogens is 2. The lowest BCUT2D eigenvalue weighted by Crippen LogP contribution is -2.47. The maximum Gasteiger partial charge on any atom is 0.270 e. The Labute approximate surface area is 167 Å². The number of aromatic amines is 1. The summed E-state index contributed by atoms with van der Waals surface area (Å²) in [6.07, 6.45) is 2.71. The fraction of sp³-hybridized carbons (Fsp3) is 0.381. The number of benzene rings is 1. The van der Waals surface area contributed by atoms with Crippen molar-refractivity contribution >= 4 is 28.3 Å². The number of carbonyl (C=O) groups is 1. The fourth-order valence-corrected chi connectivity index (χ4v) is 4.45. The number of hydrogen-bond acceptors (Lipinski definition) is 5. The summed E-state index contributed by atoms with van der Waals surface area (Å²) in [6.45, 7) is 2.89. The van der Waals surface area contributed by atoms with Crippen LogP contribution in [0.4, 0.5) is 0 Å². The first-order valence-corrected chi connectivity index (χ1v) is 10.6. The highest BCUT2D eigenvalue weighted by molar-refractivity contribution is 7.09. The number of rotatable bonds is 6. The van der Waals surface area contributed by atoms with Crippen LogP contribution in [0.1, 0.15) is 29.8 Å². The average Bonchev–Trinajstić information content (AvgIpc) is 3.19. The van der Waals surface area contributed by atoms with Crippen LogP contribution >= 0.6 is 11.3 Å². The molecule has 1 saturated heterocycles. The SMILES string of the molecule is O=C(CCc1nc2ccccc2[nH]c1=O)NC1CCCN(Cc2cccs2)C1. The van der Waals surface area contributed by atoms with Crippen molar-refractivity contribution in [3.63, 3.8) is 0 Å². The number of nitrogens with one attached hydrogen (secondary N) is 2. The molecule has 1 atom stereocenters. The van der Waals surface area contributed by atoms with Gasteiger partial charge in [0.15, 0.2) is 0 Å². The van der Waals surface area contributed by atoms with E-state index in [0.29, 0.717) is 17.6 Å². The molecular weight excluding hydrogens is 372 g/mol. The third kappa shape index (κ3) is 4.66. The van der Waals surface area contributed by atoms with E-state index in [1.54, 1.807) is 11.3 Å². The molecule has 0 bridgehead atoms. The zero-order valence-electron chi connectivity index (χ0n) is 15.7. The highest BCUT2D eigenvalue weighted by Gasteiger charge is 2.21. The number of carbonyl (C=O) groups excluding carboxylic acids is 1. The van der Waals surface area contributed by atoms with Crippen LogP contribution in [-0.2, 0) is 17.8 Å². The van der Waals surface area contributed by atoms with Crippen molar-refractivity contribution in [2.75, 3.05) is 13.1 Å². The van der Waals surface area contributed by atoms with Crippen LogP contribution in [0.5, 0.6) is 0 Å². The molecule has 1 amide bonds. The van der Waals surface area contributed by atoms with Gasteiger partial charge in [0.1, 0.15) is 5.69 Å². The summed E-state index contributed by atoms with van der Waals surface area (Å²) in [7, 11) is 0. The second-order valence-electron chi connectivity index (χ2n) is 7.25. The van der Waals surface area contributed by atoms with Gasteiger partial charge in [-0.2, -0.15) is 0 Å². The molecule has 1 aliphatic heterocycles. The van der Waals surface area contributed by atoms with Gasteiger partial charge in [-0.25, -0.2) is 4.98 Å². The number of H-pyrrole nitrogens is 1. The molecule has 3 aromatic rings. The number of likely N-dealkylation sites (tertiary alicyclic amines) is 1. The molecule has 28 heavy (non-hydrogen) atoms. The Bertz CT molecular complexity index is 999. The standard InChI is InChI=1S/C21H24N4O2S/c26-20(10-9-19-21(27)24-18-8-2-1-7-17(18)23-19)22-15-5-3-11-25(13-15)14-16-6-4-12-28-16/h1-2,4,6-8,12,15H,3,5,9-11,13-14H2,(H,22,26)(H,24,27). The number of aryl methyl sites for hydroxylation is 1. The molecule has 0 aliphatic carbocycles. The van der Waals surface area contributed by atoms with E-state index in [4.69, 9.17) is 0 Å². The second-order valence-corrected chi connectivity index (χ2v) is 8.28. The maximum atomic E-state index is 12.4. The molecule has 7 heteroatoms. The molecule has 3 heterocycles. The molecule has 0 spiro atoms. The number of piperidine rings is 1. The highest BCUT2D eigenvalue weighted by Crippen LogP contribution is 2.17. The number of nitrogens with zero attached hydrogens (tertiary/aromatic N) is 2. The first-order chi connectivity index (χ1) is 13.7. The van der Waals surface area contributed by atoms with Gasteiger partial charge in [-0.3, -0.25) is 14.5 Å². The Hall–Kier alpha value is -2.51. The van der Waals surface area contributed by atoms with Crippen LogP contribution in [-0.4, -0.2) is 39.9 Å². The molecule has 2 aromatic heterocycles. The predicted octanol–water partition coefficient (Wildman–Crippen LogP) is 2.70. The zero-order valence-corrected chi connectivity index (χ0v) is 16.5. The Balaban J connectivity index is 1.30. The maximum absolute atomic E-state index is 12.4. The van der Waals surface area contributed by atoms with Crippen molar-refractivity contribution in [3.05, 3.63) is 62.7 Å². The van der Waals surface area contributed by atoms with Crippen molar-refractivity contribution in [2.24, 2.45) is 0 Å². The van der Waals surface area contributed by atoms with Gasteiger partial charge in [-0.1, -0.05) is 18.2 Å². The van der Waals surface area contributed by atoms with Crippen LogP contribution in [0.25, 0.3) is 11.0 Å². The van der Waals surface area contributed by atoms with Crippen LogP contribution < -0.4 is 10.9 Å². The van der Waals surface area contributed by atoms with Crippen molar-refractivity contribution in [1.29, 1.82) is 0 Å². The number of hydrogen-bond donors (Lipinski definition) is 2. The van der Waals surface area contributed by atoms with Gasteiger partial charge in [0.2, 0.25) is 5.91 Å². The zero-order chi connectivity index (χ0) is 19.3. The van der Waals surface area contributed by atoms with Gasteiger partial charge in [0.05, 0.1) is 11.0 Å². The van der Waals surface area contributed by atoms with Crippen molar-refractivity contribution in [3.8, 4) is 0 Å². The van der Waals surface area contributed by atoms with Gasteiger partial charge < -0.3 is 10.3 Å². The molecule has 146 valence electrons. The molecule has 1 unspecified atom stereocenters. The summed E-state index contributed by atoms with van der Waals surface area (Å²) in [5, 5.41) is 5.24. The van der Waals surface area contributed by atoms with Gasteiger partial charge >= 0.3 is 0 Å². The lowest BCUT2D eigenvalue weighted by molar-refractivity contribution is -0.122. The van der Waals surface area contributed by atoms with E-state index < -0.39 is 0 Å². The summed E-state index contributed by atoms with van der Waals surface area (Å²) >= 11 is 1.77. The lowest BCUT2D eigenvalue weighted by Gasteiger charge is -2.32. The average molecular weight is 397 g/mol. The number of para-hydroxylation sites is 2. The summed E-state index contributed by atoms with van der Waals surface area (Å²) in [4.78, 5) is 35.6. The molecular formula is C21H24N4O2S. The van der Waals surface area contributed by atoms with Crippen molar-refractivity contribution < 1.29 is 4.79 Å². The molecule has 2 N–H and O–H groups in total. The van der Waals surface area contributed by atoms with Crippen molar-refractivity contribution in [1.82, 2.24) is 20.2 Å². The Morgan fingerprint density at radius 3 is 3.04 bits per heavy atom. The van der Waals surface area contributed by atoms with Gasteiger partial charge in [0.25, 0.3) is 5.56 Å². The minimum atomic E-state index is -0.216. The van der Waals surface area contributed by atoms with E-state index in [2.05, 4.69) is 37.7 Å². The Morgan fingerprint density at radius 2 is 2.18 bits per heavy atom. The summed E-state index contributed by atoms with van der Waals surface area (Å²) in [6, 6.07) is 11.8. The molecule has 0 radical (unpaired) electrons. The third-order valence-corrected chi connectivity index (χ3v) is 5.95. The third-order valence-electron chi connectivity index (χ3n) is 5.09. The fourth-order valence-electron chi connectivity index (χ4n) is 3.71. The van der Waals surface area contributed by atoms with E-state index in [9.17, 15) is 9.59 Å². The number of thiophene rings is 1. The minimum absolute atomic E-state index is 0.0164. The van der Waals surface area contributed by atoms with Crippen LogP contribution in [0.2, 0.25) is 0 Å². The van der Waals surface area contributed by atoms with Crippen LogP contribution in [0.15, 0.2) is 46.6 Å². The predicted molar refractivity (Wildman–Crippen MR) is 111 cm³/mol. The molecule has 0 saturated carbocycles. The van der Waals surface area contributed by atoms with E-state index in [-0.39, 0.29) is 23.9 Å². The van der Waals surface area contributed by atoms with Gasteiger partial charge in [-0.05, 0) is 43.0 Å². The first kappa shape index (κ1) is 18.8. The van der Waals surface area contributed by atoms with E-state index in [1.807, 2.05) is 24.3 Å².